The molecule has 0 spiro atoms. The maximum absolute atomic E-state index is 5.06. The fraction of sp³-hybridized carbons (Fsp3) is 0.182. The van der Waals surface area contributed by atoms with Gasteiger partial charge in [0.2, 0.25) is 0 Å². The molecule has 0 saturated carbocycles. The van der Waals surface area contributed by atoms with Gasteiger partial charge in [-0.15, -0.1) is 23.5 Å². The molecule has 3 nitrogen and oxygen atoms in total. The Morgan fingerprint density at radius 3 is 1.71 bits per heavy atom. The molecule has 5 heteroatoms. The van der Waals surface area contributed by atoms with Crippen molar-refractivity contribution >= 4 is 66.2 Å². The average molecular weight is 672 g/mol. The maximum Gasteiger partial charge on any atom is 0.0984 e. The number of hydrogen-bond donors (Lipinski definition) is 0. The van der Waals surface area contributed by atoms with E-state index in [0.29, 0.717) is 0 Å². The van der Waals surface area contributed by atoms with E-state index < -0.39 is 0 Å². The van der Waals surface area contributed by atoms with E-state index in [9.17, 15) is 0 Å². The molecule has 0 unspecified atom stereocenters. The van der Waals surface area contributed by atoms with E-state index >= 15 is 0 Å². The van der Waals surface area contributed by atoms with Crippen LogP contribution in [0, 0.1) is 0 Å². The number of hydrogen-bond acceptors (Lipinski definition) is 4. The number of fused-ring (bicyclic) bond motifs is 5. The number of aromatic nitrogens is 1. The van der Waals surface area contributed by atoms with Gasteiger partial charge >= 0.3 is 0 Å². The van der Waals surface area contributed by atoms with E-state index in [-0.39, 0.29) is 11.1 Å². The van der Waals surface area contributed by atoms with Crippen molar-refractivity contribution in [2.45, 2.75) is 38.8 Å². The standard InChI is InChI=1S/C44H37N3S2/c1-43(2)26-48-41(45-43)31-14-10-12-28(22-31)29-20-21-36-38(24-29)47(33-16-6-5-7-17-33)39-25-37(34-18-8-9-19-35(34)40(36)39)30-13-11-15-32(23-30)42-46-44(3,4)27-49-42/h5-25H,26-27H2,1-4H3. The van der Waals surface area contributed by atoms with Crippen LogP contribution in [0.1, 0.15) is 38.8 Å². The second-order valence-electron chi connectivity index (χ2n) is 14.5. The first-order valence-corrected chi connectivity index (χ1v) is 18.9. The van der Waals surface area contributed by atoms with Crippen molar-refractivity contribution < 1.29 is 0 Å². The quantitative estimate of drug-likeness (QED) is 0.182. The van der Waals surface area contributed by atoms with Crippen LogP contribution in [0.5, 0.6) is 0 Å². The number of thioether (sulfide) groups is 2. The molecule has 1 aromatic heterocycles. The zero-order valence-corrected chi connectivity index (χ0v) is 29.8. The summed E-state index contributed by atoms with van der Waals surface area (Å²) < 4.78 is 2.46. The summed E-state index contributed by atoms with van der Waals surface area (Å²) >= 11 is 3.72. The summed E-state index contributed by atoms with van der Waals surface area (Å²) in [6.07, 6.45) is 0. The van der Waals surface area contributed by atoms with Crippen LogP contribution in [0.4, 0.5) is 0 Å². The van der Waals surface area contributed by atoms with Crippen molar-refractivity contribution in [1.82, 2.24) is 4.57 Å². The van der Waals surface area contributed by atoms with Crippen molar-refractivity contribution in [3.63, 3.8) is 0 Å². The number of para-hydroxylation sites is 1. The van der Waals surface area contributed by atoms with Gasteiger partial charge in [-0.2, -0.15) is 0 Å². The first-order chi connectivity index (χ1) is 23.7. The van der Waals surface area contributed by atoms with Crippen LogP contribution in [0.25, 0.3) is 60.5 Å². The van der Waals surface area contributed by atoms with Crippen LogP contribution in [-0.4, -0.2) is 37.2 Å². The van der Waals surface area contributed by atoms with Crippen LogP contribution in [0.15, 0.2) is 137 Å². The minimum absolute atomic E-state index is 0.0188. The molecule has 0 amide bonds. The predicted octanol–water partition coefficient (Wildman–Crippen LogP) is 11.8. The van der Waals surface area contributed by atoms with Gasteiger partial charge in [-0.25, -0.2) is 0 Å². The summed E-state index contributed by atoms with van der Waals surface area (Å²) in [6.45, 7) is 8.85. The Labute approximate surface area is 296 Å². The van der Waals surface area contributed by atoms with Gasteiger partial charge in [0.05, 0.1) is 32.2 Å². The highest BCUT2D eigenvalue weighted by Crippen LogP contribution is 2.43. The fourth-order valence-corrected chi connectivity index (χ4v) is 9.59. The second kappa shape index (κ2) is 11.5. The lowest BCUT2D eigenvalue weighted by molar-refractivity contribution is 0.605. The molecule has 0 saturated heterocycles. The van der Waals surface area contributed by atoms with Gasteiger partial charge in [0.25, 0.3) is 0 Å². The highest BCUT2D eigenvalue weighted by atomic mass is 32.2. The number of benzene rings is 6. The lowest BCUT2D eigenvalue weighted by Gasteiger charge is -2.13. The van der Waals surface area contributed by atoms with Gasteiger partial charge in [0.15, 0.2) is 0 Å². The number of rotatable bonds is 5. The molecular weight excluding hydrogens is 635 g/mol. The predicted molar refractivity (Wildman–Crippen MR) is 215 cm³/mol. The summed E-state index contributed by atoms with van der Waals surface area (Å²) in [5.74, 6) is 2.03. The van der Waals surface area contributed by atoms with E-state index in [2.05, 4.69) is 160 Å². The summed E-state index contributed by atoms with van der Waals surface area (Å²) in [5, 5.41) is 7.33. The topological polar surface area (TPSA) is 29.6 Å². The van der Waals surface area contributed by atoms with E-state index in [1.807, 2.05) is 23.5 Å². The van der Waals surface area contributed by atoms with Crippen molar-refractivity contribution in [2.24, 2.45) is 9.98 Å². The number of aliphatic imine (C=N–C) groups is 2. The highest BCUT2D eigenvalue weighted by molar-refractivity contribution is 8.15. The van der Waals surface area contributed by atoms with Crippen molar-refractivity contribution in [1.29, 1.82) is 0 Å². The van der Waals surface area contributed by atoms with Crippen LogP contribution < -0.4 is 0 Å². The molecule has 49 heavy (non-hydrogen) atoms. The normalized spacial score (nSPS) is 16.8. The van der Waals surface area contributed by atoms with Crippen LogP contribution in [0.2, 0.25) is 0 Å². The molecule has 7 aromatic rings. The lowest BCUT2D eigenvalue weighted by Crippen LogP contribution is -2.15. The first-order valence-electron chi connectivity index (χ1n) is 17.0. The van der Waals surface area contributed by atoms with Gasteiger partial charge < -0.3 is 4.57 Å². The lowest BCUT2D eigenvalue weighted by atomic mass is 9.93. The van der Waals surface area contributed by atoms with Crippen molar-refractivity contribution in [2.75, 3.05) is 11.5 Å². The summed E-state index contributed by atoms with van der Waals surface area (Å²) in [5.41, 5.74) is 10.8. The van der Waals surface area contributed by atoms with Gasteiger partial charge in [0.1, 0.15) is 0 Å². The Bertz CT molecular complexity index is 2500. The fourth-order valence-electron chi connectivity index (χ4n) is 7.27. The maximum atomic E-state index is 5.06. The Hall–Kier alpha value is -4.58. The third-order valence-corrected chi connectivity index (χ3v) is 12.5. The van der Waals surface area contributed by atoms with Crippen LogP contribution in [-0.2, 0) is 0 Å². The summed E-state index contributed by atoms with van der Waals surface area (Å²) in [7, 11) is 0. The SMILES string of the molecule is CC1(C)CSC(c2cccc(-c3ccc4c5c6ccccc6c(-c6cccc(C7=NC(C)(C)CS7)c6)cc5n(-c5ccccc5)c4c3)c2)=N1. The third kappa shape index (κ3) is 5.40. The first kappa shape index (κ1) is 30.5. The smallest absolute Gasteiger partial charge is 0.0984 e. The molecule has 0 N–H and O–H groups in total. The molecular formula is C44H37N3S2. The Morgan fingerprint density at radius 1 is 0.490 bits per heavy atom. The van der Waals surface area contributed by atoms with Crippen molar-refractivity contribution in [3.8, 4) is 27.9 Å². The molecule has 3 heterocycles. The zero-order valence-electron chi connectivity index (χ0n) is 28.2. The molecule has 2 aliphatic heterocycles. The van der Waals surface area contributed by atoms with Crippen LogP contribution in [0.3, 0.4) is 0 Å². The van der Waals surface area contributed by atoms with Gasteiger partial charge in [-0.3, -0.25) is 9.98 Å². The Morgan fingerprint density at radius 2 is 1.06 bits per heavy atom. The summed E-state index contributed by atoms with van der Waals surface area (Å²) in [6, 6.07) is 46.9. The molecule has 0 aliphatic carbocycles. The van der Waals surface area contributed by atoms with E-state index in [1.54, 1.807) is 0 Å². The monoisotopic (exact) mass is 671 g/mol. The zero-order chi connectivity index (χ0) is 33.3. The molecule has 9 rings (SSSR count). The molecule has 0 radical (unpaired) electrons. The largest absolute Gasteiger partial charge is 0.309 e. The van der Waals surface area contributed by atoms with E-state index in [1.165, 1.54) is 66.0 Å². The van der Waals surface area contributed by atoms with Gasteiger partial charge in [-0.05, 0) is 97.1 Å². The Kier molecular flexibility index (Phi) is 7.15. The summed E-state index contributed by atoms with van der Waals surface area (Å²) in [4.78, 5) is 10.1. The van der Waals surface area contributed by atoms with Crippen LogP contribution >= 0.6 is 23.5 Å². The molecule has 240 valence electrons. The van der Waals surface area contributed by atoms with Gasteiger partial charge in [0, 0.05) is 39.1 Å². The number of nitrogens with zero attached hydrogens (tertiary/aromatic N) is 3. The molecule has 6 aromatic carbocycles. The molecule has 0 bridgehead atoms. The molecule has 0 atom stereocenters. The second-order valence-corrected chi connectivity index (χ2v) is 16.4. The minimum Gasteiger partial charge on any atom is -0.309 e. The van der Waals surface area contributed by atoms with Crippen molar-refractivity contribution in [3.05, 3.63) is 139 Å². The average Bonchev–Trinajstić information content (AvgIpc) is 3.79. The minimum atomic E-state index is -0.0288. The van der Waals surface area contributed by atoms with Gasteiger partial charge in [-0.1, -0.05) is 91.0 Å². The van der Waals surface area contributed by atoms with E-state index in [0.717, 1.165) is 27.3 Å². The molecule has 2 aliphatic rings. The van der Waals surface area contributed by atoms with E-state index in [4.69, 9.17) is 9.98 Å². The Balaban J connectivity index is 1.28. The molecule has 0 fully saturated rings. The highest BCUT2D eigenvalue weighted by Gasteiger charge is 2.27. The third-order valence-electron chi connectivity index (χ3n) is 9.58.